The first-order valence-corrected chi connectivity index (χ1v) is 10.2. The van der Waals surface area contributed by atoms with Crippen LogP contribution < -0.4 is 16.0 Å². The molecule has 30 heavy (non-hydrogen) atoms. The van der Waals surface area contributed by atoms with Crippen LogP contribution in [0.15, 0.2) is 84.9 Å². The molecule has 3 N–H and O–H groups in total. The third-order valence-corrected chi connectivity index (χ3v) is 5.09. The largest absolute Gasteiger partial charge is 0.349 e. The van der Waals surface area contributed by atoms with E-state index in [2.05, 4.69) is 16.0 Å². The molecule has 0 aromatic heterocycles. The Hall–Kier alpha value is -3.44. The molecule has 0 unspecified atom stereocenters. The van der Waals surface area contributed by atoms with Crippen LogP contribution in [0.5, 0.6) is 0 Å². The number of para-hydroxylation sites is 1. The first-order valence-electron chi connectivity index (χ1n) is 10.2. The van der Waals surface area contributed by atoms with Crippen LogP contribution in [0.25, 0.3) is 0 Å². The smallest absolute Gasteiger partial charge is 0.253 e. The highest BCUT2D eigenvalue weighted by molar-refractivity contribution is 6.04. The number of benzene rings is 3. The topological polar surface area (TPSA) is 70.2 Å². The van der Waals surface area contributed by atoms with Crippen molar-refractivity contribution in [2.75, 3.05) is 11.9 Å². The molecular formula is C25H25N3O2. The molecule has 4 rings (SSSR count). The first-order chi connectivity index (χ1) is 14.7. The molecule has 0 heterocycles. The molecule has 152 valence electrons. The second kappa shape index (κ2) is 9.37. The Balaban J connectivity index is 1.44. The maximum atomic E-state index is 12.7. The van der Waals surface area contributed by atoms with E-state index in [9.17, 15) is 9.59 Å². The number of rotatable bonds is 8. The van der Waals surface area contributed by atoms with Crippen molar-refractivity contribution < 1.29 is 9.59 Å². The predicted molar refractivity (Wildman–Crippen MR) is 118 cm³/mol. The Morgan fingerprint density at radius 2 is 1.37 bits per heavy atom. The normalized spacial score (nSPS) is 13.1. The quantitative estimate of drug-likeness (QED) is 0.538. The second-order valence-electron chi connectivity index (χ2n) is 7.48. The van der Waals surface area contributed by atoms with Crippen molar-refractivity contribution in [3.05, 3.63) is 102 Å². The Labute approximate surface area is 176 Å². The van der Waals surface area contributed by atoms with Gasteiger partial charge < -0.3 is 10.6 Å². The molecule has 3 aromatic rings. The average Bonchev–Trinajstić information content (AvgIpc) is 3.60. The molecule has 5 nitrogen and oxygen atoms in total. The fourth-order valence-electron chi connectivity index (χ4n) is 3.39. The van der Waals surface area contributed by atoms with E-state index in [1.54, 1.807) is 18.2 Å². The van der Waals surface area contributed by atoms with Crippen LogP contribution in [0.4, 0.5) is 5.69 Å². The number of hydrogen-bond donors (Lipinski definition) is 3. The van der Waals surface area contributed by atoms with Gasteiger partial charge in [-0.2, -0.15) is 0 Å². The molecule has 1 aliphatic carbocycles. The number of anilines is 1. The summed E-state index contributed by atoms with van der Waals surface area (Å²) in [5.41, 5.74) is 3.18. The lowest BCUT2D eigenvalue weighted by Crippen LogP contribution is -2.33. The van der Waals surface area contributed by atoms with Crippen LogP contribution in [0.1, 0.15) is 40.4 Å². The minimum atomic E-state index is -0.196. The van der Waals surface area contributed by atoms with E-state index in [1.807, 2.05) is 66.7 Å². The fraction of sp³-hybridized carbons (Fsp3) is 0.200. The van der Waals surface area contributed by atoms with Crippen LogP contribution in [0.2, 0.25) is 0 Å². The molecule has 1 fully saturated rings. The van der Waals surface area contributed by atoms with E-state index in [0.29, 0.717) is 11.3 Å². The van der Waals surface area contributed by atoms with Gasteiger partial charge in [-0.1, -0.05) is 72.8 Å². The SMILES string of the molecule is O=C(CNC(c1ccccc1)c1ccccc1)Nc1ccccc1C(=O)NC1CC1. The van der Waals surface area contributed by atoms with E-state index in [4.69, 9.17) is 0 Å². The van der Waals surface area contributed by atoms with Crippen LogP contribution >= 0.6 is 0 Å². The lowest BCUT2D eigenvalue weighted by Gasteiger charge is -2.20. The zero-order chi connectivity index (χ0) is 20.8. The van der Waals surface area contributed by atoms with Crippen LogP contribution in [0.3, 0.4) is 0 Å². The standard InChI is InChI=1S/C25H25N3O2/c29-23(28-22-14-8-7-13-21(22)25(30)27-20-15-16-20)17-26-24(18-9-3-1-4-10-18)19-11-5-2-6-12-19/h1-14,20,24,26H,15-17H2,(H,27,30)(H,28,29). The molecule has 0 aliphatic heterocycles. The first kappa shape index (κ1) is 19.9. The monoisotopic (exact) mass is 399 g/mol. The summed E-state index contributed by atoms with van der Waals surface area (Å²) in [4.78, 5) is 25.1. The Bertz CT molecular complexity index is 962. The zero-order valence-corrected chi connectivity index (χ0v) is 16.7. The summed E-state index contributed by atoms with van der Waals surface area (Å²) in [6.45, 7) is 0.118. The number of amides is 2. The molecular weight excluding hydrogens is 374 g/mol. The van der Waals surface area contributed by atoms with Gasteiger partial charge in [0, 0.05) is 6.04 Å². The van der Waals surface area contributed by atoms with Gasteiger partial charge in [0.05, 0.1) is 23.8 Å². The zero-order valence-electron chi connectivity index (χ0n) is 16.7. The molecule has 1 aliphatic rings. The summed E-state index contributed by atoms with van der Waals surface area (Å²) < 4.78 is 0. The van der Waals surface area contributed by atoms with Crippen molar-refractivity contribution in [1.82, 2.24) is 10.6 Å². The maximum absolute atomic E-state index is 12.7. The van der Waals surface area contributed by atoms with Gasteiger partial charge >= 0.3 is 0 Å². The van der Waals surface area contributed by atoms with Gasteiger partial charge in [0.25, 0.3) is 5.91 Å². The van der Waals surface area contributed by atoms with E-state index >= 15 is 0 Å². The number of hydrogen-bond acceptors (Lipinski definition) is 3. The molecule has 0 spiro atoms. The van der Waals surface area contributed by atoms with Crippen LogP contribution in [0, 0.1) is 0 Å². The van der Waals surface area contributed by atoms with Crippen molar-refractivity contribution in [2.24, 2.45) is 0 Å². The molecule has 0 saturated heterocycles. The Morgan fingerprint density at radius 1 is 0.800 bits per heavy atom. The lowest BCUT2D eigenvalue weighted by atomic mass is 9.99. The molecule has 0 atom stereocenters. The van der Waals surface area contributed by atoms with E-state index < -0.39 is 0 Å². The summed E-state index contributed by atoms with van der Waals surface area (Å²) in [6.07, 6.45) is 2.04. The van der Waals surface area contributed by atoms with Crippen molar-refractivity contribution in [3.8, 4) is 0 Å². The molecule has 1 saturated carbocycles. The summed E-state index contributed by atoms with van der Waals surface area (Å²) >= 11 is 0. The summed E-state index contributed by atoms with van der Waals surface area (Å²) in [7, 11) is 0. The highest BCUT2D eigenvalue weighted by Crippen LogP contribution is 2.23. The third kappa shape index (κ3) is 5.13. The summed E-state index contributed by atoms with van der Waals surface area (Å²) in [5, 5.41) is 9.20. The molecule has 5 heteroatoms. The summed E-state index contributed by atoms with van der Waals surface area (Å²) in [6, 6.07) is 27.3. The molecule has 2 amide bonds. The molecule has 0 bridgehead atoms. The highest BCUT2D eigenvalue weighted by Gasteiger charge is 2.25. The third-order valence-electron chi connectivity index (χ3n) is 5.09. The summed E-state index contributed by atoms with van der Waals surface area (Å²) in [5.74, 6) is -0.341. The molecule has 3 aromatic carbocycles. The van der Waals surface area contributed by atoms with Crippen molar-refractivity contribution >= 4 is 17.5 Å². The maximum Gasteiger partial charge on any atom is 0.253 e. The second-order valence-corrected chi connectivity index (χ2v) is 7.48. The Morgan fingerprint density at radius 3 is 1.97 bits per heavy atom. The van der Waals surface area contributed by atoms with Gasteiger partial charge in [0.15, 0.2) is 0 Å². The van der Waals surface area contributed by atoms with E-state index in [0.717, 1.165) is 24.0 Å². The minimum absolute atomic E-state index is 0.105. The molecule has 0 radical (unpaired) electrons. The van der Waals surface area contributed by atoms with Gasteiger partial charge in [-0.25, -0.2) is 0 Å². The lowest BCUT2D eigenvalue weighted by molar-refractivity contribution is -0.115. The Kier molecular flexibility index (Phi) is 6.20. The van der Waals surface area contributed by atoms with E-state index in [1.165, 1.54) is 0 Å². The number of nitrogens with one attached hydrogen (secondary N) is 3. The van der Waals surface area contributed by atoms with Gasteiger partial charge in [-0.15, -0.1) is 0 Å². The fourth-order valence-corrected chi connectivity index (χ4v) is 3.39. The average molecular weight is 399 g/mol. The number of carbonyl (C=O) groups is 2. The van der Waals surface area contributed by atoms with Gasteiger partial charge in [-0.05, 0) is 36.1 Å². The van der Waals surface area contributed by atoms with Crippen molar-refractivity contribution in [2.45, 2.75) is 24.9 Å². The van der Waals surface area contributed by atoms with Gasteiger partial charge in [0.2, 0.25) is 5.91 Å². The number of carbonyl (C=O) groups excluding carboxylic acids is 2. The van der Waals surface area contributed by atoms with Crippen molar-refractivity contribution in [3.63, 3.8) is 0 Å². The van der Waals surface area contributed by atoms with Crippen molar-refractivity contribution in [1.29, 1.82) is 0 Å². The predicted octanol–water partition coefficient (Wildman–Crippen LogP) is 3.90. The minimum Gasteiger partial charge on any atom is -0.349 e. The highest BCUT2D eigenvalue weighted by atomic mass is 16.2. The van der Waals surface area contributed by atoms with Gasteiger partial charge in [0.1, 0.15) is 0 Å². The van der Waals surface area contributed by atoms with Gasteiger partial charge in [-0.3, -0.25) is 14.9 Å². The van der Waals surface area contributed by atoms with Crippen LogP contribution in [-0.2, 0) is 4.79 Å². The van der Waals surface area contributed by atoms with E-state index in [-0.39, 0.29) is 30.4 Å². The van der Waals surface area contributed by atoms with Crippen LogP contribution in [-0.4, -0.2) is 24.4 Å².